The lowest BCUT2D eigenvalue weighted by Gasteiger charge is -2.36. The van der Waals surface area contributed by atoms with E-state index in [0.29, 0.717) is 25.8 Å². The van der Waals surface area contributed by atoms with Crippen molar-refractivity contribution >= 4 is 16.0 Å². The molecule has 1 rings (SSSR count). The summed E-state index contributed by atoms with van der Waals surface area (Å²) in [6.07, 6.45) is 1.75. The minimum atomic E-state index is -3.28. The maximum Gasteiger partial charge on any atom is 0.308 e. The molecule has 5 nitrogen and oxygen atoms in total. The molecular formula is C10H19NO4S. The van der Waals surface area contributed by atoms with E-state index in [1.54, 1.807) is 13.8 Å². The minimum absolute atomic E-state index is 0.101. The number of carbonyl (C=O) groups is 1. The van der Waals surface area contributed by atoms with Crippen molar-refractivity contribution in [3.05, 3.63) is 0 Å². The standard InChI is InChI=1S/C10H19NO4S/c1-3-7-16(14,15)11-6-4-5-9(8(11)2)10(12)13/h8-9H,3-7H2,1-2H3,(H,12,13)/t8-,9-/m0/s1. The molecule has 1 aliphatic rings. The smallest absolute Gasteiger partial charge is 0.308 e. The number of carboxylic acid groups (broad SMARTS) is 1. The second-order valence-electron chi connectivity index (χ2n) is 4.25. The van der Waals surface area contributed by atoms with Gasteiger partial charge >= 0.3 is 5.97 Å². The lowest BCUT2D eigenvalue weighted by molar-refractivity contribution is -0.144. The van der Waals surface area contributed by atoms with Crippen LogP contribution in [0.25, 0.3) is 0 Å². The largest absolute Gasteiger partial charge is 0.481 e. The molecule has 1 aliphatic heterocycles. The first-order valence-corrected chi connectivity index (χ1v) is 7.23. The van der Waals surface area contributed by atoms with Crippen molar-refractivity contribution in [3.8, 4) is 0 Å². The number of rotatable bonds is 4. The Labute approximate surface area is 96.5 Å². The van der Waals surface area contributed by atoms with Crippen molar-refractivity contribution < 1.29 is 18.3 Å². The maximum atomic E-state index is 11.9. The molecule has 2 atom stereocenters. The molecule has 0 saturated carbocycles. The van der Waals surface area contributed by atoms with Crippen LogP contribution in [0.15, 0.2) is 0 Å². The molecule has 94 valence electrons. The molecule has 0 unspecified atom stereocenters. The van der Waals surface area contributed by atoms with E-state index in [1.807, 2.05) is 0 Å². The molecule has 0 aliphatic carbocycles. The van der Waals surface area contributed by atoms with E-state index < -0.39 is 28.0 Å². The van der Waals surface area contributed by atoms with Crippen LogP contribution in [0.1, 0.15) is 33.1 Å². The highest BCUT2D eigenvalue weighted by molar-refractivity contribution is 7.89. The van der Waals surface area contributed by atoms with Crippen LogP contribution in [0.3, 0.4) is 0 Å². The van der Waals surface area contributed by atoms with Crippen molar-refractivity contribution in [1.29, 1.82) is 0 Å². The monoisotopic (exact) mass is 249 g/mol. The van der Waals surface area contributed by atoms with Gasteiger partial charge in [-0.2, -0.15) is 4.31 Å². The average Bonchev–Trinajstić information content (AvgIpc) is 2.17. The van der Waals surface area contributed by atoms with Crippen molar-refractivity contribution in [2.75, 3.05) is 12.3 Å². The van der Waals surface area contributed by atoms with Crippen molar-refractivity contribution in [1.82, 2.24) is 4.31 Å². The summed E-state index contributed by atoms with van der Waals surface area (Å²) in [7, 11) is -3.28. The summed E-state index contributed by atoms with van der Waals surface area (Å²) in [5.41, 5.74) is 0. The number of piperidine rings is 1. The van der Waals surface area contributed by atoms with Gasteiger partial charge in [0.2, 0.25) is 10.0 Å². The third kappa shape index (κ3) is 2.74. The predicted molar refractivity (Wildman–Crippen MR) is 60.6 cm³/mol. The predicted octanol–water partition coefficient (Wildman–Crippen LogP) is 0.911. The van der Waals surface area contributed by atoms with E-state index in [1.165, 1.54) is 4.31 Å². The summed E-state index contributed by atoms with van der Waals surface area (Å²) in [5, 5.41) is 9.00. The minimum Gasteiger partial charge on any atom is -0.481 e. The molecule has 6 heteroatoms. The molecular weight excluding hydrogens is 230 g/mol. The molecule has 0 aromatic carbocycles. The molecule has 1 fully saturated rings. The first-order chi connectivity index (χ1) is 7.40. The van der Waals surface area contributed by atoms with Gasteiger partial charge in [-0.05, 0) is 26.2 Å². The molecule has 0 aromatic rings. The summed E-state index contributed by atoms with van der Waals surface area (Å²) < 4.78 is 25.2. The molecule has 0 aromatic heterocycles. The van der Waals surface area contributed by atoms with E-state index in [9.17, 15) is 13.2 Å². The number of carboxylic acids is 1. The summed E-state index contributed by atoms with van der Waals surface area (Å²) in [5.74, 6) is -1.37. The first kappa shape index (κ1) is 13.4. The van der Waals surface area contributed by atoms with Crippen LogP contribution in [0.2, 0.25) is 0 Å². The third-order valence-electron chi connectivity index (χ3n) is 3.07. The molecule has 0 amide bonds. The highest BCUT2D eigenvalue weighted by atomic mass is 32.2. The van der Waals surface area contributed by atoms with E-state index in [-0.39, 0.29) is 5.75 Å². The second kappa shape index (κ2) is 5.14. The zero-order valence-corrected chi connectivity index (χ0v) is 10.5. The van der Waals surface area contributed by atoms with E-state index in [0.717, 1.165) is 0 Å². The van der Waals surface area contributed by atoms with Crippen LogP contribution in [-0.4, -0.2) is 42.1 Å². The molecule has 1 saturated heterocycles. The topological polar surface area (TPSA) is 74.7 Å². The van der Waals surface area contributed by atoms with Gasteiger partial charge in [0.15, 0.2) is 0 Å². The van der Waals surface area contributed by atoms with Gasteiger partial charge in [0.25, 0.3) is 0 Å². The fraction of sp³-hybridized carbons (Fsp3) is 0.900. The third-order valence-corrected chi connectivity index (χ3v) is 5.22. The van der Waals surface area contributed by atoms with Crippen molar-refractivity contribution in [3.63, 3.8) is 0 Å². The lowest BCUT2D eigenvalue weighted by Crippen LogP contribution is -2.49. The van der Waals surface area contributed by atoms with Crippen LogP contribution >= 0.6 is 0 Å². The Morgan fingerprint density at radius 1 is 1.50 bits per heavy atom. The highest BCUT2D eigenvalue weighted by Crippen LogP contribution is 2.26. The number of hydrogen-bond acceptors (Lipinski definition) is 3. The lowest BCUT2D eigenvalue weighted by atomic mass is 9.92. The van der Waals surface area contributed by atoms with Crippen LogP contribution in [0.4, 0.5) is 0 Å². The first-order valence-electron chi connectivity index (χ1n) is 5.62. The van der Waals surface area contributed by atoms with Gasteiger partial charge < -0.3 is 5.11 Å². The van der Waals surface area contributed by atoms with Gasteiger partial charge in [0, 0.05) is 12.6 Å². The summed E-state index contributed by atoms with van der Waals surface area (Å²) >= 11 is 0. The molecule has 1 N–H and O–H groups in total. The SMILES string of the molecule is CCCS(=O)(=O)N1CCC[C@H](C(=O)O)[C@@H]1C. The zero-order chi connectivity index (χ0) is 12.3. The number of sulfonamides is 1. The fourth-order valence-electron chi connectivity index (χ4n) is 2.21. The van der Waals surface area contributed by atoms with E-state index in [2.05, 4.69) is 0 Å². The molecule has 1 heterocycles. The van der Waals surface area contributed by atoms with Gasteiger partial charge in [0.05, 0.1) is 11.7 Å². The van der Waals surface area contributed by atoms with Gasteiger partial charge in [-0.25, -0.2) is 8.42 Å². The van der Waals surface area contributed by atoms with Crippen molar-refractivity contribution in [2.24, 2.45) is 5.92 Å². The Balaban J connectivity index is 2.85. The average molecular weight is 249 g/mol. The van der Waals surface area contributed by atoms with Crippen LogP contribution in [0.5, 0.6) is 0 Å². The van der Waals surface area contributed by atoms with Gasteiger partial charge in [-0.15, -0.1) is 0 Å². The Morgan fingerprint density at radius 3 is 2.62 bits per heavy atom. The van der Waals surface area contributed by atoms with Gasteiger partial charge in [-0.3, -0.25) is 4.79 Å². The maximum absolute atomic E-state index is 11.9. The quantitative estimate of drug-likeness (QED) is 0.803. The Morgan fingerprint density at radius 2 is 2.12 bits per heavy atom. The van der Waals surface area contributed by atoms with Crippen molar-refractivity contribution in [2.45, 2.75) is 39.2 Å². The van der Waals surface area contributed by atoms with E-state index >= 15 is 0 Å². The molecule has 0 spiro atoms. The number of nitrogens with zero attached hydrogens (tertiary/aromatic N) is 1. The summed E-state index contributed by atoms with van der Waals surface area (Å²) in [4.78, 5) is 11.0. The Kier molecular flexibility index (Phi) is 4.32. The zero-order valence-electron chi connectivity index (χ0n) is 9.72. The summed E-state index contributed by atoms with van der Waals surface area (Å²) in [6.45, 7) is 3.94. The van der Waals surface area contributed by atoms with Gasteiger partial charge in [-0.1, -0.05) is 6.92 Å². The summed E-state index contributed by atoms with van der Waals surface area (Å²) in [6, 6.07) is -0.428. The Hall–Kier alpha value is -0.620. The van der Waals surface area contributed by atoms with Crippen LogP contribution < -0.4 is 0 Å². The van der Waals surface area contributed by atoms with Crippen LogP contribution in [0, 0.1) is 5.92 Å². The molecule has 0 radical (unpaired) electrons. The van der Waals surface area contributed by atoms with Gasteiger partial charge in [0.1, 0.15) is 0 Å². The number of hydrogen-bond donors (Lipinski definition) is 1. The number of aliphatic carboxylic acids is 1. The molecule has 16 heavy (non-hydrogen) atoms. The van der Waals surface area contributed by atoms with E-state index in [4.69, 9.17) is 5.11 Å². The second-order valence-corrected chi connectivity index (χ2v) is 6.30. The fourth-order valence-corrected chi connectivity index (χ4v) is 4.02. The molecule has 0 bridgehead atoms. The highest BCUT2D eigenvalue weighted by Gasteiger charge is 2.38. The normalized spacial score (nSPS) is 27.9. The van der Waals surface area contributed by atoms with Crippen LogP contribution in [-0.2, 0) is 14.8 Å². The Bertz CT molecular complexity index is 352.